The molecule has 0 aromatic heterocycles. The molecular weight excluding hydrogens is 350 g/mol. The third kappa shape index (κ3) is 3.24. The number of rotatable bonds is 3. The minimum Gasteiger partial charge on any atom is -0.224 e. The maximum Gasteiger partial charge on any atom is 0.175 e. The molecule has 0 spiro atoms. The van der Waals surface area contributed by atoms with Crippen molar-refractivity contribution in [2.75, 3.05) is 6.26 Å². The Hall–Kier alpha value is -1.27. The van der Waals surface area contributed by atoms with Crippen molar-refractivity contribution in [1.29, 1.82) is 0 Å². The summed E-state index contributed by atoms with van der Waals surface area (Å²) in [6, 6.07) is 9.28. The molecule has 0 N–H and O–H groups in total. The van der Waals surface area contributed by atoms with Gasteiger partial charge in [0, 0.05) is 11.8 Å². The molecule has 0 saturated carbocycles. The average Bonchev–Trinajstić information content (AvgIpc) is 2.40. The smallest absolute Gasteiger partial charge is 0.175 e. The van der Waals surface area contributed by atoms with Crippen LogP contribution in [0.2, 0.25) is 0 Å². The van der Waals surface area contributed by atoms with Crippen LogP contribution in [-0.2, 0) is 9.84 Å². The molecule has 1 unspecified atom stereocenters. The molecule has 20 heavy (non-hydrogen) atoms. The number of halogens is 3. The summed E-state index contributed by atoms with van der Waals surface area (Å²) < 4.78 is 50.0. The first kappa shape index (κ1) is 15.1. The van der Waals surface area contributed by atoms with Gasteiger partial charge in [0.2, 0.25) is 0 Å². The first-order valence-corrected chi connectivity index (χ1v) is 8.49. The summed E-state index contributed by atoms with van der Waals surface area (Å²) in [6.45, 7) is 0. The molecule has 0 aliphatic heterocycles. The van der Waals surface area contributed by atoms with Crippen molar-refractivity contribution in [3.05, 3.63) is 65.2 Å². The second kappa shape index (κ2) is 5.61. The van der Waals surface area contributed by atoms with Crippen molar-refractivity contribution >= 4 is 25.8 Å². The average molecular weight is 361 g/mol. The predicted molar refractivity (Wildman–Crippen MR) is 76.7 cm³/mol. The van der Waals surface area contributed by atoms with Gasteiger partial charge in [-0.2, -0.15) is 0 Å². The molecule has 0 heterocycles. The van der Waals surface area contributed by atoms with Crippen molar-refractivity contribution in [3.63, 3.8) is 0 Å². The van der Waals surface area contributed by atoms with E-state index in [0.29, 0.717) is 5.56 Å². The van der Waals surface area contributed by atoms with Gasteiger partial charge in [-0.1, -0.05) is 28.1 Å². The largest absolute Gasteiger partial charge is 0.224 e. The third-order valence-electron chi connectivity index (χ3n) is 2.81. The molecule has 2 aromatic carbocycles. The van der Waals surface area contributed by atoms with E-state index in [9.17, 15) is 17.2 Å². The topological polar surface area (TPSA) is 34.1 Å². The van der Waals surface area contributed by atoms with Crippen LogP contribution in [0, 0.1) is 11.6 Å². The summed E-state index contributed by atoms with van der Waals surface area (Å²) in [7, 11) is -3.35. The molecular formula is C14H11BrF2O2S. The summed E-state index contributed by atoms with van der Waals surface area (Å²) in [5.41, 5.74) is 0.660. The Morgan fingerprint density at radius 1 is 1.10 bits per heavy atom. The quantitative estimate of drug-likeness (QED) is 0.779. The molecule has 0 amide bonds. The van der Waals surface area contributed by atoms with E-state index in [2.05, 4.69) is 15.9 Å². The van der Waals surface area contributed by atoms with Crippen LogP contribution in [0.1, 0.15) is 16.0 Å². The summed E-state index contributed by atoms with van der Waals surface area (Å²) in [5, 5.41) is 0. The predicted octanol–water partition coefficient (Wildman–Crippen LogP) is 3.85. The summed E-state index contributed by atoms with van der Waals surface area (Å²) in [6.07, 6.45) is 1.10. The normalized spacial score (nSPS) is 13.2. The standard InChI is InChI=1S/C14H11BrF2O2S/c1-20(18,19)11-4-2-3-9(7-11)14(15)12-8-10(16)5-6-13(12)17/h2-8,14H,1H3. The van der Waals surface area contributed by atoms with E-state index in [0.717, 1.165) is 24.5 Å². The second-order valence-corrected chi connectivity index (χ2v) is 7.30. The Morgan fingerprint density at radius 3 is 2.45 bits per heavy atom. The van der Waals surface area contributed by atoms with Gasteiger partial charge in [-0.15, -0.1) is 0 Å². The highest BCUT2D eigenvalue weighted by Gasteiger charge is 2.17. The van der Waals surface area contributed by atoms with E-state index in [-0.39, 0.29) is 10.5 Å². The highest BCUT2D eigenvalue weighted by atomic mass is 79.9. The van der Waals surface area contributed by atoms with Crippen LogP contribution in [0.15, 0.2) is 47.4 Å². The molecule has 2 rings (SSSR count). The zero-order valence-corrected chi connectivity index (χ0v) is 12.9. The van der Waals surface area contributed by atoms with Crippen LogP contribution >= 0.6 is 15.9 Å². The van der Waals surface area contributed by atoms with Crippen molar-refractivity contribution in [3.8, 4) is 0 Å². The molecule has 1 atom stereocenters. The van der Waals surface area contributed by atoms with Crippen LogP contribution in [0.5, 0.6) is 0 Å². The summed E-state index contributed by atoms with van der Waals surface area (Å²) in [5.74, 6) is -1.11. The van der Waals surface area contributed by atoms with Gasteiger partial charge in [-0.05, 0) is 35.9 Å². The second-order valence-electron chi connectivity index (χ2n) is 4.37. The zero-order valence-electron chi connectivity index (χ0n) is 10.5. The molecule has 106 valence electrons. The molecule has 2 nitrogen and oxygen atoms in total. The fourth-order valence-corrected chi connectivity index (χ4v) is 3.10. The Kier molecular flexibility index (Phi) is 4.25. The van der Waals surface area contributed by atoms with Crippen molar-refractivity contribution in [2.24, 2.45) is 0 Å². The molecule has 0 aliphatic rings. The van der Waals surface area contributed by atoms with E-state index in [1.165, 1.54) is 12.1 Å². The first-order chi connectivity index (χ1) is 9.29. The number of benzene rings is 2. The van der Waals surface area contributed by atoms with Gasteiger partial charge in [-0.25, -0.2) is 17.2 Å². The van der Waals surface area contributed by atoms with E-state index < -0.39 is 26.3 Å². The van der Waals surface area contributed by atoms with Gasteiger partial charge in [0.15, 0.2) is 9.84 Å². The van der Waals surface area contributed by atoms with Gasteiger partial charge in [0.05, 0.1) is 9.72 Å². The summed E-state index contributed by atoms with van der Waals surface area (Å²) in [4.78, 5) is -0.490. The molecule has 0 saturated heterocycles. The molecule has 0 bridgehead atoms. The molecule has 0 aliphatic carbocycles. The lowest BCUT2D eigenvalue weighted by molar-refractivity contribution is 0.588. The minimum atomic E-state index is -3.35. The molecule has 0 fully saturated rings. The number of sulfone groups is 1. The van der Waals surface area contributed by atoms with Gasteiger partial charge < -0.3 is 0 Å². The molecule has 6 heteroatoms. The maximum absolute atomic E-state index is 13.7. The van der Waals surface area contributed by atoms with Crippen molar-refractivity contribution < 1.29 is 17.2 Å². The Morgan fingerprint density at radius 2 is 1.80 bits per heavy atom. The number of hydrogen-bond donors (Lipinski definition) is 0. The van der Waals surface area contributed by atoms with E-state index in [4.69, 9.17) is 0 Å². The zero-order chi connectivity index (χ0) is 14.9. The Bertz CT molecular complexity index is 745. The van der Waals surface area contributed by atoms with Crippen LogP contribution in [-0.4, -0.2) is 14.7 Å². The van der Waals surface area contributed by atoms with E-state index in [1.54, 1.807) is 12.1 Å². The Labute approximate surface area is 124 Å². The first-order valence-electron chi connectivity index (χ1n) is 5.68. The van der Waals surface area contributed by atoms with Gasteiger partial charge in [0.25, 0.3) is 0 Å². The number of hydrogen-bond acceptors (Lipinski definition) is 2. The van der Waals surface area contributed by atoms with Gasteiger partial charge in [-0.3, -0.25) is 0 Å². The maximum atomic E-state index is 13.7. The third-order valence-corrected chi connectivity index (χ3v) is 4.94. The van der Waals surface area contributed by atoms with Crippen molar-refractivity contribution in [2.45, 2.75) is 9.72 Å². The lowest BCUT2D eigenvalue weighted by Gasteiger charge is -2.13. The van der Waals surface area contributed by atoms with E-state index >= 15 is 0 Å². The highest BCUT2D eigenvalue weighted by molar-refractivity contribution is 9.09. The van der Waals surface area contributed by atoms with Crippen LogP contribution < -0.4 is 0 Å². The summed E-state index contributed by atoms with van der Waals surface area (Å²) >= 11 is 3.28. The molecule has 2 aromatic rings. The van der Waals surface area contributed by atoms with Crippen LogP contribution in [0.4, 0.5) is 8.78 Å². The fraction of sp³-hybridized carbons (Fsp3) is 0.143. The molecule has 0 radical (unpaired) electrons. The fourth-order valence-electron chi connectivity index (χ4n) is 1.79. The lowest BCUT2D eigenvalue weighted by atomic mass is 10.0. The van der Waals surface area contributed by atoms with E-state index in [1.807, 2.05) is 0 Å². The minimum absolute atomic E-state index is 0.121. The monoisotopic (exact) mass is 360 g/mol. The van der Waals surface area contributed by atoms with Gasteiger partial charge >= 0.3 is 0 Å². The lowest BCUT2D eigenvalue weighted by Crippen LogP contribution is -2.01. The highest BCUT2D eigenvalue weighted by Crippen LogP contribution is 2.33. The van der Waals surface area contributed by atoms with Crippen LogP contribution in [0.25, 0.3) is 0 Å². The number of alkyl halides is 1. The SMILES string of the molecule is CS(=O)(=O)c1cccc(C(Br)c2cc(F)ccc2F)c1. The van der Waals surface area contributed by atoms with Crippen LogP contribution in [0.3, 0.4) is 0 Å². The van der Waals surface area contributed by atoms with Crippen molar-refractivity contribution in [1.82, 2.24) is 0 Å². The van der Waals surface area contributed by atoms with Gasteiger partial charge in [0.1, 0.15) is 11.6 Å². The Balaban J connectivity index is 2.48.